The van der Waals surface area contributed by atoms with E-state index in [0.29, 0.717) is 39.7 Å². The van der Waals surface area contributed by atoms with Crippen LogP contribution in [-0.4, -0.2) is 28.4 Å². The molecule has 152 valence electrons. The van der Waals surface area contributed by atoms with E-state index in [4.69, 9.17) is 21.5 Å². The molecule has 3 N–H and O–H groups in total. The van der Waals surface area contributed by atoms with Crippen LogP contribution in [0.1, 0.15) is 30.0 Å². The van der Waals surface area contributed by atoms with Crippen molar-refractivity contribution in [1.82, 2.24) is 19.9 Å². The Morgan fingerprint density at radius 2 is 1.83 bits per heavy atom. The number of ether oxygens (including phenoxy) is 1. The molecule has 3 rings (SSSR count). The normalized spacial score (nSPS) is 12.4. The lowest BCUT2D eigenvalue weighted by Crippen LogP contribution is -2.14. The van der Waals surface area contributed by atoms with Crippen molar-refractivity contribution < 1.29 is 13.2 Å². The molecule has 0 spiro atoms. The molecule has 11 heteroatoms. The van der Waals surface area contributed by atoms with E-state index >= 15 is 0 Å². The molecule has 0 saturated carbocycles. The first-order valence-corrected chi connectivity index (χ1v) is 10.6. The molecule has 0 aliphatic heterocycles. The van der Waals surface area contributed by atoms with Gasteiger partial charge in [0.15, 0.2) is 0 Å². The van der Waals surface area contributed by atoms with Crippen LogP contribution in [0.3, 0.4) is 0 Å². The summed E-state index contributed by atoms with van der Waals surface area (Å²) in [4.78, 5) is 16.9. The Balaban J connectivity index is 1.73. The number of rotatable bonds is 7. The summed E-state index contributed by atoms with van der Waals surface area (Å²) in [7, 11) is -3.58. The number of sulfonamides is 1. The maximum absolute atomic E-state index is 11.2. The van der Waals surface area contributed by atoms with Gasteiger partial charge in [-0.05, 0) is 31.5 Å². The Morgan fingerprint density at radius 3 is 2.45 bits per heavy atom. The van der Waals surface area contributed by atoms with Crippen LogP contribution in [-0.2, 0) is 15.8 Å². The Morgan fingerprint density at radius 1 is 1.17 bits per heavy atom. The molecule has 9 nitrogen and oxygen atoms in total. The maximum Gasteiger partial charge on any atom is 0.223 e. The molecule has 2 heterocycles. The van der Waals surface area contributed by atoms with Crippen LogP contribution in [0, 0.1) is 6.92 Å². The fourth-order valence-corrected chi connectivity index (χ4v) is 3.25. The van der Waals surface area contributed by atoms with Gasteiger partial charge in [-0.1, -0.05) is 23.7 Å². The number of primary sulfonamides is 1. The zero-order valence-electron chi connectivity index (χ0n) is 15.7. The molecular weight excluding hydrogens is 416 g/mol. The Hall–Kier alpha value is -2.82. The van der Waals surface area contributed by atoms with Gasteiger partial charge in [-0.25, -0.2) is 28.5 Å². The zero-order valence-corrected chi connectivity index (χ0v) is 17.3. The van der Waals surface area contributed by atoms with Crippen molar-refractivity contribution in [2.75, 3.05) is 5.32 Å². The van der Waals surface area contributed by atoms with Crippen LogP contribution in [0.15, 0.2) is 42.7 Å². The van der Waals surface area contributed by atoms with E-state index in [1.54, 1.807) is 37.3 Å². The predicted octanol–water partition coefficient (Wildman–Crippen LogP) is 2.98. The van der Waals surface area contributed by atoms with E-state index in [9.17, 15) is 8.42 Å². The molecule has 0 amide bonds. The summed E-state index contributed by atoms with van der Waals surface area (Å²) in [5.74, 6) is 1.59. The summed E-state index contributed by atoms with van der Waals surface area (Å²) in [6, 6.07) is 8.08. The lowest BCUT2D eigenvalue weighted by Gasteiger charge is -2.15. The average Bonchev–Trinajstić information content (AvgIpc) is 2.63. The zero-order chi connectivity index (χ0) is 21.0. The number of anilines is 1. The van der Waals surface area contributed by atoms with Crippen LogP contribution >= 0.6 is 11.6 Å². The van der Waals surface area contributed by atoms with Gasteiger partial charge in [-0.3, -0.25) is 0 Å². The highest BCUT2D eigenvalue weighted by Gasteiger charge is 2.13. The molecule has 1 aromatic carbocycles. The second kappa shape index (κ2) is 8.68. The number of halogens is 1. The van der Waals surface area contributed by atoms with Crippen LogP contribution in [0.2, 0.25) is 5.02 Å². The fourth-order valence-electron chi connectivity index (χ4n) is 2.50. The van der Waals surface area contributed by atoms with Gasteiger partial charge in [-0.2, -0.15) is 4.98 Å². The number of hydrogen-bond donors (Lipinski definition) is 2. The minimum Gasteiger partial charge on any atom is -0.439 e. The molecule has 3 aromatic rings. The Labute approximate surface area is 173 Å². The SMILES string of the molecule is Cc1nc(Oc2ccc(CS(N)(=O)=O)cc2)cc(C(C)Nc2ncc(Cl)cn2)n1. The van der Waals surface area contributed by atoms with E-state index in [-0.39, 0.29) is 11.8 Å². The molecule has 0 bridgehead atoms. The predicted molar refractivity (Wildman–Crippen MR) is 109 cm³/mol. The van der Waals surface area contributed by atoms with Crippen molar-refractivity contribution in [1.29, 1.82) is 0 Å². The van der Waals surface area contributed by atoms with Crippen LogP contribution < -0.4 is 15.2 Å². The summed E-state index contributed by atoms with van der Waals surface area (Å²) < 4.78 is 28.1. The number of aryl methyl sites for hydroxylation is 1. The molecule has 2 aromatic heterocycles. The number of nitrogens with one attached hydrogen (secondary N) is 1. The van der Waals surface area contributed by atoms with Crippen LogP contribution in [0.25, 0.3) is 0 Å². The number of hydrogen-bond acceptors (Lipinski definition) is 8. The van der Waals surface area contributed by atoms with E-state index in [0.717, 1.165) is 0 Å². The molecule has 1 unspecified atom stereocenters. The van der Waals surface area contributed by atoms with Gasteiger partial charge >= 0.3 is 0 Å². The van der Waals surface area contributed by atoms with E-state index in [1.165, 1.54) is 12.4 Å². The Kier molecular flexibility index (Phi) is 6.26. The van der Waals surface area contributed by atoms with Crippen molar-refractivity contribution >= 4 is 27.6 Å². The molecule has 1 atom stereocenters. The van der Waals surface area contributed by atoms with Gasteiger partial charge in [0.05, 0.1) is 34.9 Å². The fraction of sp³-hybridized carbons (Fsp3) is 0.222. The molecule has 0 saturated heterocycles. The first kappa shape index (κ1) is 20.9. The summed E-state index contributed by atoms with van der Waals surface area (Å²) in [5.41, 5.74) is 1.26. The van der Waals surface area contributed by atoms with Gasteiger partial charge in [0.2, 0.25) is 21.9 Å². The minimum atomic E-state index is -3.58. The number of nitrogens with zero attached hydrogens (tertiary/aromatic N) is 4. The lowest BCUT2D eigenvalue weighted by molar-refractivity contribution is 0.457. The molecule has 29 heavy (non-hydrogen) atoms. The quantitative estimate of drug-likeness (QED) is 0.579. The first-order chi connectivity index (χ1) is 13.7. The second-order valence-electron chi connectivity index (χ2n) is 6.32. The standard InChI is InChI=1S/C18H19ClN6O3S/c1-11(23-18-21-8-14(19)9-22-18)16-7-17(25-12(2)24-16)28-15-5-3-13(4-6-15)10-29(20,26)27/h3-9,11H,10H2,1-2H3,(H2,20,26,27)(H,21,22,23). The third kappa shape index (κ3) is 6.34. The highest BCUT2D eigenvalue weighted by Crippen LogP contribution is 2.24. The largest absolute Gasteiger partial charge is 0.439 e. The number of benzene rings is 1. The smallest absolute Gasteiger partial charge is 0.223 e. The summed E-state index contributed by atoms with van der Waals surface area (Å²) in [6.45, 7) is 3.67. The first-order valence-electron chi connectivity index (χ1n) is 8.55. The number of aromatic nitrogens is 4. The van der Waals surface area contributed by atoms with Crippen molar-refractivity contribution in [3.05, 3.63) is 64.8 Å². The van der Waals surface area contributed by atoms with Crippen molar-refractivity contribution in [2.45, 2.75) is 25.6 Å². The maximum atomic E-state index is 11.2. The molecule has 0 radical (unpaired) electrons. The van der Waals surface area contributed by atoms with Crippen molar-refractivity contribution in [3.63, 3.8) is 0 Å². The highest BCUT2D eigenvalue weighted by atomic mass is 35.5. The van der Waals surface area contributed by atoms with Crippen LogP contribution in [0.5, 0.6) is 11.6 Å². The average molecular weight is 435 g/mol. The van der Waals surface area contributed by atoms with Crippen molar-refractivity contribution in [2.24, 2.45) is 5.14 Å². The highest BCUT2D eigenvalue weighted by molar-refractivity contribution is 7.88. The molecule has 0 aliphatic rings. The van der Waals surface area contributed by atoms with Gasteiger partial charge in [0, 0.05) is 6.07 Å². The van der Waals surface area contributed by atoms with Gasteiger partial charge < -0.3 is 10.1 Å². The second-order valence-corrected chi connectivity index (χ2v) is 8.37. The minimum absolute atomic E-state index is 0.211. The molecule has 0 fully saturated rings. The van der Waals surface area contributed by atoms with Crippen LogP contribution in [0.4, 0.5) is 5.95 Å². The van der Waals surface area contributed by atoms with Gasteiger partial charge in [0.1, 0.15) is 11.6 Å². The van der Waals surface area contributed by atoms with E-state index in [1.807, 2.05) is 6.92 Å². The van der Waals surface area contributed by atoms with Gasteiger partial charge in [0.25, 0.3) is 0 Å². The third-order valence-corrected chi connectivity index (χ3v) is 4.69. The topological polar surface area (TPSA) is 133 Å². The lowest BCUT2D eigenvalue weighted by atomic mass is 10.2. The number of nitrogens with two attached hydrogens (primary N) is 1. The molecular formula is C18H19ClN6O3S. The summed E-state index contributed by atoms with van der Waals surface area (Å²) in [6.07, 6.45) is 3.01. The summed E-state index contributed by atoms with van der Waals surface area (Å²) >= 11 is 5.80. The van der Waals surface area contributed by atoms with Gasteiger partial charge in [-0.15, -0.1) is 0 Å². The van der Waals surface area contributed by atoms with E-state index in [2.05, 4.69) is 25.3 Å². The van der Waals surface area contributed by atoms with Crippen molar-refractivity contribution in [3.8, 4) is 11.6 Å². The molecule has 0 aliphatic carbocycles. The monoisotopic (exact) mass is 434 g/mol. The summed E-state index contributed by atoms with van der Waals surface area (Å²) in [5, 5.41) is 8.64. The third-order valence-electron chi connectivity index (χ3n) is 3.76. The van der Waals surface area contributed by atoms with E-state index < -0.39 is 10.0 Å². The Bertz CT molecular complexity index is 1090.